The first-order valence-electron chi connectivity index (χ1n) is 6.36. The Hall–Kier alpha value is -0.940. The summed E-state index contributed by atoms with van der Waals surface area (Å²) in [6.07, 6.45) is 4.95. The molecule has 1 heterocycles. The van der Waals surface area contributed by atoms with E-state index in [1.54, 1.807) is 7.11 Å². The van der Waals surface area contributed by atoms with Gasteiger partial charge in [-0.15, -0.1) is 0 Å². The molecule has 0 saturated heterocycles. The molecule has 3 atom stereocenters. The summed E-state index contributed by atoms with van der Waals surface area (Å²) in [5.41, 5.74) is 5.89. The van der Waals surface area contributed by atoms with Gasteiger partial charge in [-0.2, -0.15) is 4.98 Å². The van der Waals surface area contributed by atoms with Gasteiger partial charge in [-0.25, -0.2) is 0 Å². The number of rotatable bonds is 5. The molecule has 2 rings (SSSR count). The van der Waals surface area contributed by atoms with Crippen molar-refractivity contribution in [2.24, 2.45) is 5.73 Å². The minimum absolute atomic E-state index is 0.0485. The number of hydrogen-bond donors (Lipinski definition) is 1. The van der Waals surface area contributed by atoms with Crippen LogP contribution in [0.1, 0.15) is 62.8 Å². The average Bonchev–Trinajstić information content (AvgIpc) is 2.94. The molecular weight excluding hydrogens is 218 g/mol. The first-order valence-corrected chi connectivity index (χ1v) is 6.36. The fourth-order valence-corrected chi connectivity index (χ4v) is 2.40. The quantitative estimate of drug-likeness (QED) is 0.852. The zero-order valence-electron chi connectivity index (χ0n) is 10.6. The number of hydrogen-bond acceptors (Lipinski definition) is 5. The highest BCUT2D eigenvalue weighted by Crippen LogP contribution is 2.33. The Morgan fingerprint density at radius 3 is 2.94 bits per heavy atom. The molecule has 0 amide bonds. The van der Waals surface area contributed by atoms with Crippen LogP contribution in [0.4, 0.5) is 0 Å². The monoisotopic (exact) mass is 239 g/mol. The zero-order chi connectivity index (χ0) is 12.3. The highest BCUT2D eigenvalue weighted by atomic mass is 16.5. The van der Waals surface area contributed by atoms with E-state index < -0.39 is 0 Å². The van der Waals surface area contributed by atoms with Gasteiger partial charge in [0.15, 0.2) is 0 Å². The molecule has 0 spiro atoms. The van der Waals surface area contributed by atoms with Crippen molar-refractivity contribution in [3.8, 4) is 0 Å². The molecule has 1 saturated carbocycles. The number of nitrogens with two attached hydrogens (primary N) is 1. The third-order valence-corrected chi connectivity index (χ3v) is 3.40. The largest absolute Gasteiger partial charge is 0.373 e. The average molecular weight is 239 g/mol. The van der Waals surface area contributed by atoms with E-state index in [2.05, 4.69) is 17.1 Å². The van der Waals surface area contributed by atoms with Gasteiger partial charge in [-0.05, 0) is 25.7 Å². The van der Waals surface area contributed by atoms with E-state index in [1.807, 2.05) is 0 Å². The molecule has 0 radical (unpaired) electrons. The normalized spacial score (nSPS) is 26.3. The molecule has 17 heavy (non-hydrogen) atoms. The van der Waals surface area contributed by atoms with E-state index in [0.29, 0.717) is 11.7 Å². The van der Waals surface area contributed by atoms with E-state index in [-0.39, 0.29) is 12.1 Å². The van der Waals surface area contributed by atoms with Crippen molar-refractivity contribution in [3.05, 3.63) is 11.7 Å². The van der Waals surface area contributed by atoms with Gasteiger partial charge in [0, 0.05) is 19.1 Å². The predicted octanol–water partition coefficient (Wildman–Crippen LogP) is 2.15. The molecule has 1 aliphatic carbocycles. The van der Waals surface area contributed by atoms with Crippen molar-refractivity contribution >= 4 is 0 Å². The van der Waals surface area contributed by atoms with Crippen molar-refractivity contribution in [1.29, 1.82) is 0 Å². The Labute approximate surface area is 102 Å². The smallest absolute Gasteiger partial charge is 0.229 e. The van der Waals surface area contributed by atoms with Crippen molar-refractivity contribution in [2.75, 3.05) is 7.11 Å². The van der Waals surface area contributed by atoms with Crippen LogP contribution in [0.2, 0.25) is 0 Å². The third kappa shape index (κ3) is 2.84. The van der Waals surface area contributed by atoms with Gasteiger partial charge in [-0.3, -0.25) is 0 Å². The second-order valence-corrected chi connectivity index (χ2v) is 4.77. The number of methoxy groups -OCH3 is 1. The van der Waals surface area contributed by atoms with Crippen LogP contribution in [0, 0.1) is 0 Å². The van der Waals surface area contributed by atoms with E-state index in [0.717, 1.165) is 38.0 Å². The van der Waals surface area contributed by atoms with Crippen LogP contribution in [0.3, 0.4) is 0 Å². The summed E-state index contributed by atoms with van der Waals surface area (Å²) in [5, 5.41) is 4.02. The van der Waals surface area contributed by atoms with Gasteiger partial charge >= 0.3 is 0 Å². The van der Waals surface area contributed by atoms with Crippen LogP contribution in [-0.2, 0) is 4.74 Å². The van der Waals surface area contributed by atoms with Crippen molar-refractivity contribution in [1.82, 2.24) is 10.1 Å². The van der Waals surface area contributed by atoms with Crippen LogP contribution in [0.5, 0.6) is 0 Å². The van der Waals surface area contributed by atoms with Gasteiger partial charge in [0.2, 0.25) is 11.7 Å². The van der Waals surface area contributed by atoms with Gasteiger partial charge < -0.3 is 15.0 Å². The van der Waals surface area contributed by atoms with Crippen LogP contribution in [-0.4, -0.2) is 23.3 Å². The number of nitrogens with zero attached hydrogens (tertiary/aromatic N) is 2. The molecule has 1 fully saturated rings. The lowest BCUT2D eigenvalue weighted by Crippen LogP contribution is -2.14. The van der Waals surface area contributed by atoms with Crippen LogP contribution < -0.4 is 5.73 Å². The number of ether oxygens (including phenoxy) is 1. The van der Waals surface area contributed by atoms with Crippen LogP contribution >= 0.6 is 0 Å². The van der Waals surface area contributed by atoms with Crippen molar-refractivity contribution < 1.29 is 9.26 Å². The topological polar surface area (TPSA) is 74.2 Å². The van der Waals surface area contributed by atoms with Crippen LogP contribution in [0.25, 0.3) is 0 Å². The minimum Gasteiger partial charge on any atom is -0.373 e. The SMILES string of the molecule is CCCC(OC)c1noc([C@@H]2CC[C@H](N)C2)n1. The second-order valence-electron chi connectivity index (χ2n) is 4.77. The Bertz CT molecular complexity index is 335. The molecule has 1 aromatic rings. The molecule has 1 aliphatic rings. The van der Waals surface area contributed by atoms with E-state index in [1.165, 1.54) is 0 Å². The molecule has 0 bridgehead atoms. The molecule has 1 unspecified atom stereocenters. The van der Waals surface area contributed by atoms with Gasteiger partial charge in [0.05, 0.1) is 0 Å². The standard InChI is InChI=1S/C12H21N3O2/c1-3-4-10(16-2)11-14-12(17-15-11)8-5-6-9(13)7-8/h8-10H,3-7,13H2,1-2H3/t8-,9+,10?/m1/s1. The van der Waals surface area contributed by atoms with Gasteiger partial charge in [0.1, 0.15) is 6.10 Å². The fourth-order valence-electron chi connectivity index (χ4n) is 2.40. The summed E-state index contributed by atoms with van der Waals surface area (Å²) in [6, 6.07) is 0.282. The highest BCUT2D eigenvalue weighted by Gasteiger charge is 2.28. The van der Waals surface area contributed by atoms with Gasteiger partial charge in [0.25, 0.3) is 0 Å². The van der Waals surface area contributed by atoms with Crippen molar-refractivity contribution in [3.63, 3.8) is 0 Å². The lowest BCUT2D eigenvalue weighted by Gasteiger charge is -2.08. The van der Waals surface area contributed by atoms with Crippen LogP contribution in [0.15, 0.2) is 4.52 Å². The Kier molecular flexibility index (Phi) is 4.12. The third-order valence-electron chi connectivity index (χ3n) is 3.40. The summed E-state index contributed by atoms with van der Waals surface area (Å²) in [5.74, 6) is 1.74. The Morgan fingerprint density at radius 1 is 1.53 bits per heavy atom. The second kappa shape index (κ2) is 5.60. The zero-order valence-corrected chi connectivity index (χ0v) is 10.6. The molecule has 5 nitrogen and oxygen atoms in total. The highest BCUT2D eigenvalue weighted by molar-refractivity contribution is 5.00. The lowest BCUT2D eigenvalue weighted by atomic mass is 10.1. The Morgan fingerprint density at radius 2 is 2.35 bits per heavy atom. The molecule has 1 aromatic heterocycles. The first kappa shape index (κ1) is 12.5. The summed E-state index contributed by atoms with van der Waals surface area (Å²) in [7, 11) is 1.68. The first-order chi connectivity index (χ1) is 8.24. The van der Waals surface area contributed by atoms with E-state index >= 15 is 0 Å². The summed E-state index contributed by atoms with van der Waals surface area (Å²) >= 11 is 0. The summed E-state index contributed by atoms with van der Waals surface area (Å²) < 4.78 is 10.7. The molecule has 96 valence electrons. The molecular formula is C12H21N3O2. The maximum Gasteiger partial charge on any atom is 0.229 e. The summed E-state index contributed by atoms with van der Waals surface area (Å²) in [4.78, 5) is 4.46. The predicted molar refractivity (Wildman–Crippen MR) is 63.5 cm³/mol. The molecule has 5 heteroatoms. The molecule has 0 aromatic carbocycles. The minimum atomic E-state index is -0.0485. The van der Waals surface area contributed by atoms with E-state index in [9.17, 15) is 0 Å². The maximum absolute atomic E-state index is 5.89. The van der Waals surface area contributed by atoms with Crippen molar-refractivity contribution in [2.45, 2.75) is 57.1 Å². The number of aromatic nitrogens is 2. The fraction of sp³-hybridized carbons (Fsp3) is 0.833. The lowest BCUT2D eigenvalue weighted by molar-refractivity contribution is 0.0854. The van der Waals surface area contributed by atoms with E-state index in [4.69, 9.17) is 15.0 Å². The molecule has 0 aliphatic heterocycles. The maximum atomic E-state index is 5.89. The Balaban J connectivity index is 2.04. The van der Waals surface area contributed by atoms with Gasteiger partial charge in [-0.1, -0.05) is 18.5 Å². The summed E-state index contributed by atoms with van der Waals surface area (Å²) in [6.45, 7) is 2.11. The molecule has 2 N–H and O–H groups in total.